The van der Waals surface area contributed by atoms with Crippen molar-refractivity contribution in [3.8, 4) is 0 Å². The summed E-state index contributed by atoms with van der Waals surface area (Å²) < 4.78 is 13.4. The fourth-order valence-electron chi connectivity index (χ4n) is 2.70. The lowest BCUT2D eigenvalue weighted by molar-refractivity contribution is 0.619. The summed E-state index contributed by atoms with van der Waals surface area (Å²) in [6.07, 6.45) is 1.98. The molecule has 0 aromatic heterocycles. The third kappa shape index (κ3) is 2.28. The molecule has 0 atom stereocenters. The van der Waals surface area contributed by atoms with Crippen LogP contribution >= 0.6 is 0 Å². The second-order valence-electron chi connectivity index (χ2n) is 5.21. The molecule has 1 aliphatic carbocycles. The van der Waals surface area contributed by atoms with Crippen LogP contribution in [0, 0.1) is 12.7 Å². The maximum absolute atomic E-state index is 13.4. The highest BCUT2D eigenvalue weighted by Gasteiger charge is 2.21. The average molecular weight is 256 g/mol. The van der Waals surface area contributed by atoms with Gasteiger partial charge in [0.15, 0.2) is 0 Å². The van der Waals surface area contributed by atoms with Gasteiger partial charge in [-0.05, 0) is 48.6 Å². The van der Waals surface area contributed by atoms with Crippen LogP contribution in [0.25, 0.3) is 0 Å². The lowest BCUT2D eigenvalue weighted by Gasteiger charge is -2.16. The molecule has 0 heterocycles. The minimum atomic E-state index is -0.252. The van der Waals surface area contributed by atoms with Gasteiger partial charge in [-0.25, -0.2) is 4.39 Å². The van der Waals surface area contributed by atoms with Crippen LogP contribution in [0.4, 0.5) is 15.8 Å². The number of hydrogen-bond acceptors (Lipinski definition) is 2. The van der Waals surface area contributed by atoms with Crippen LogP contribution in [0.15, 0.2) is 36.4 Å². The molecule has 0 fully saturated rings. The lowest BCUT2D eigenvalue weighted by Crippen LogP contribution is -2.20. The first-order valence-electron chi connectivity index (χ1n) is 6.52. The molecule has 0 radical (unpaired) electrons. The summed E-state index contributed by atoms with van der Waals surface area (Å²) in [5.74, 6) is -0.252. The van der Waals surface area contributed by atoms with Gasteiger partial charge in [0, 0.05) is 6.04 Å². The Bertz CT molecular complexity index is 597. The molecule has 0 unspecified atom stereocenters. The number of fused-ring (bicyclic) bond motifs is 1. The molecule has 0 saturated heterocycles. The second-order valence-corrected chi connectivity index (χ2v) is 5.21. The molecule has 0 aliphatic heterocycles. The van der Waals surface area contributed by atoms with Crippen molar-refractivity contribution in [2.24, 2.45) is 0 Å². The highest BCUT2D eigenvalue weighted by molar-refractivity contribution is 5.68. The first-order chi connectivity index (χ1) is 9.13. The van der Waals surface area contributed by atoms with E-state index in [1.54, 1.807) is 13.0 Å². The Labute approximate surface area is 112 Å². The van der Waals surface area contributed by atoms with Gasteiger partial charge in [0.05, 0.1) is 11.4 Å². The van der Waals surface area contributed by atoms with Gasteiger partial charge < -0.3 is 11.1 Å². The van der Waals surface area contributed by atoms with Gasteiger partial charge in [-0.15, -0.1) is 0 Å². The average Bonchev–Trinajstić information content (AvgIpc) is 2.78. The predicted octanol–water partition coefficient (Wildman–Crippen LogP) is 3.30. The lowest BCUT2D eigenvalue weighted by atomic mass is 10.1. The molecule has 2 aromatic carbocycles. The summed E-state index contributed by atoms with van der Waals surface area (Å²) in [7, 11) is 0. The van der Waals surface area contributed by atoms with Crippen LogP contribution in [0.5, 0.6) is 0 Å². The summed E-state index contributed by atoms with van der Waals surface area (Å²) in [5.41, 5.74) is 10.6. The highest BCUT2D eigenvalue weighted by Crippen LogP contribution is 2.28. The van der Waals surface area contributed by atoms with E-state index >= 15 is 0 Å². The summed E-state index contributed by atoms with van der Waals surface area (Å²) in [4.78, 5) is 0. The number of anilines is 2. The molecule has 3 rings (SSSR count). The maximum atomic E-state index is 13.4. The summed E-state index contributed by atoms with van der Waals surface area (Å²) in [5, 5.41) is 3.43. The first-order valence-corrected chi connectivity index (χ1v) is 6.52. The van der Waals surface area contributed by atoms with Crippen LogP contribution in [-0.2, 0) is 12.8 Å². The van der Waals surface area contributed by atoms with E-state index in [1.165, 1.54) is 17.2 Å². The molecule has 2 aromatic rings. The number of rotatable bonds is 2. The van der Waals surface area contributed by atoms with Crippen molar-refractivity contribution in [1.82, 2.24) is 0 Å². The maximum Gasteiger partial charge on any atom is 0.128 e. The van der Waals surface area contributed by atoms with E-state index in [4.69, 9.17) is 5.73 Å². The van der Waals surface area contributed by atoms with Crippen molar-refractivity contribution in [2.45, 2.75) is 25.8 Å². The number of aryl methyl sites for hydroxylation is 1. The molecular weight excluding hydrogens is 239 g/mol. The number of hydrogen-bond donors (Lipinski definition) is 2. The molecule has 19 heavy (non-hydrogen) atoms. The smallest absolute Gasteiger partial charge is 0.128 e. The van der Waals surface area contributed by atoms with Gasteiger partial charge in [0.1, 0.15) is 5.82 Å². The molecule has 1 aliphatic rings. The zero-order chi connectivity index (χ0) is 13.4. The molecular formula is C16H17FN2. The largest absolute Gasteiger partial charge is 0.397 e. The van der Waals surface area contributed by atoms with Crippen molar-refractivity contribution in [3.05, 3.63) is 58.9 Å². The van der Waals surface area contributed by atoms with Gasteiger partial charge >= 0.3 is 0 Å². The summed E-state index contributed by atoms with van der Waals surface area (Å²) in [6, 6.07) is 12.0. The zero-order valence-electron chi connectivity index (χ0n) is 10.9. The highest BCUT2D eigenvalue weighted by atomic mass is 19.1. The van der Waals surface area contributed by atoms with Crippen LogP contribution in [0.2, 0.25) is 0 Å². The van der Waals surface area contributed by atoms with Gasteiger partial charge in [-0.3, -0.25) is 0 Å². The number of nitrogens with two attached hydrogens (primary N) is 1. The molecule has 0 amide bonds. The van der Waals surface area contributed by atoms with Crippen molar-refractivity contribution in [1.29, 1.82) is 0 Å². The van der Waals surface area contributed by atoms with Crippen molar-refractivity contribution in [2.75, 3.05) is 11.1 Å². The Kier molecular flexibility index (Phi) is 2.90. The van der Waals surface area contributed by atoms with E-state index in [0.717, 1.165) is 18.5 Å². The van der Waals surface area contributed by atoms with Gasteiger partial charge in [0.2, 0.25) is 0 Å². The van der Waals surface area contributed by atoms with Crippen molar-refractivity contribution in [3.63, 3.8) is 0 Å². The van der Waals surface area contributed by atoms with E-state index < -0.39 is 0 Å². The van der Waals surface area contributed by atoms with E-state index in [1.807, 2.05) is 0 Å². The fraction of sp³-hybridized carbons (Fsp3) is 0.250. The van der Waals surface area contributed by atoms with Crippen molar-refractivity contribution >= 4 is 11.4 Å². The van der Waals surface area contributed by atoms with E-state index in [0.29, 0.717) is 17.3 Å². The molecule has 3 N–H and O–H groups in total. The monoisotopic (exact) mass is 256 g/mol. The summed E-state index contributed by atoms with van der Waals surface area (Å²) in [6.45, 7) is 1.75. The number of halogens is 1. The van der Waals surface area contributed by atoms with Crippen molar-refractivity contribution < 1.29 is 4.39 Å². The molecule has 0 bridgehead atoms. The second kappa shape index (κ2) is 4.57. The third-order valence-electron chi connectivity index (χ3n) is 3.74. The zero-order valence-corrected chi connectivity index (χ0v) is 10.9. The molecule has 2 nitrogen and oxygen atoms in total. The van der Waals surface area contributed by atoms with Crippen LogP contribution in [-0.4, -0.2) is 6.04 Å². The molecule has 98 valence electrons. The standard InChI is InChI=1S/C16H17FN2/c1-10-6-16(15(18)9-14(10)17)19-13-7-11-4-2-3-5-12(11)8-13/h2-6,9,13,19H,7-8,18H2,1H3. The minimum Gasteiger partial charge on any atom is -0.397 e. The van der Waals surface area contributed by atoms with Crippen LogP contribution in [0.1, 0.15) is 16.7 Å². The molecule has 3 heteroatoms. The Hall–Kier alpha value is -2.03. The van der Waals surface area contributed by atoms with E-state index in [2.05, 4.69) is 29.6 Å². The summed E-state index contributed by atoms with van der Waals surface area (Å²) >= 11 is 0. The quantitative estimate of drug-likeness (QED) is 0.809. The molecule has 0 spiro atoms. The normalized spacial score (nSPS) is 14.4. The topological polar surface area (TPSA) is 38.0 Å². The Morgan fingerprint density at radius 1 is 1.16 bits per heavy atom. The Morgan fingerprint density at radius 3 is 2.42 bits per heavy atom. The molecule has 0 saturated carbocycles. The Morgan fingerprint density at radius 2 is 1.79 bits per heavy atom. The van der Waals surface area contributed by atoms with E-state index in [9.17, 15) is 4.39 Å². The first kappa shape index (κ1) is 12.0. The Balaban J connectivity index is 1.79. The van der Waals surface area contributed by atoms with Gasteiger partial charge in [-0.2, -0.15) is 0 Å². The minimum absolute atomic E-state index is 0.252. The van der Waals surface area contributed by atoms with E-state index in [-0.39, 0.29) is 5.82 Å². The number of benzene rings is 2. The third-order valence-corrected chi connectivity index (χ3v) is 3.74. The fourth-order valence-corrected chi connectivity index (χ4v) is 2.70. The van der Waals surface area contributed by atoms with Gasteiger partial charge in [-0.1, -0.05) is 24.3 Å². The predicted molar refractivity (Wildman–Crippen MR) is 76.8 cm³/mol. The SMILES string of the molecule is Cc1cc(NC2Cc3ccccc3C2)c(N)cc1F. The van der Waals surface area contributed by atoms with Crippen LogP contribution in [0.3, 0.4) is 0 Å². The van der Waals surface area contributed by atoms with Gasteiger partial charge in [0.25, 0.3) is 0 Å². The number of nitrogen functional groups attached to an aromatic ring is 1. The van der Waals surface area contributed by atoms with Crippen LogP contribution < -0.4 is 11.1 Å². The number of nitrogens with one attached hydrogen (secondary N) is 1.